The van der Waals surface area contributed by atoms with Gasteiger partial charge in [-0.15, -0.1) is 0 Å². The molecular weight excluding hydrogens is 371 g/mol. The summed E-state index contributed by atoms with van der Waals surface area (Å²) in [4.78, 5) is 0. The molecule has 0 radical (unpaired) electrons. The van der Waals surface area contributed by atoms with E-state index in [0.717, 1.165) is 10.3 Å². The molecular formula is C15H29IO4. The number of alkyl halides is 1. The molecule has 20 heavy (non-hydrogen) atoms. The largest absolute Gasteiger partial charge is 0.382 e. The van der Waals surface area contributed by atoms with Crippen molar-refractivity contribution < 1.29 is 18.9 Å². The molecule has 1 rings (SSSR count). The molecule has 120 valence electrons. The van der Waals surface area contributed by atoms with E-state index in [4.69, 9.17) is 18.9 Å². The van der Waals surface area contributed by atoms with Crippen molar-refractivity contribution >= 4 is 22.6 Å². The maximum Gasteiger partial charge on any atom is 0.0775 e. The number of hydrogen-bond donors (Lipinski definition) is 0. The molecule has 1 aliphatic carbocycles. The number of ether oxygens (including phenoxy) is 4. The molecule has 0 spiro atoms. The normalized spacial score (nSPS) is 26.9. The predicted octanol–water partition coefficient (Wildman–Crippen LogP) is 3.07. The van der Waals surface area contributed by atoms with Crippen molar-refractivity contribution in [2.45, 2.75) is 38.2 Å². The van der Waals surface area contributed by atoms with Crippen LogP contribution < -0.4 is 0 Å². The van der Waals surface area contributed by atoms with Gasteiger partial charge >= 0.3 is 0 Å². The Morgan fingerprint density at radius 3 is 2.30 bits per heavy atom. The van der Waals surface area contributed by atoms with E-state index in [1.807, 2.05) is 0 Å². The Kier molecular flexibility index (Phi) is 10.4. The van der Waals surface area contributed by atoms with Crippen LogP contribution in [0.4, 0.5) is 0 Å². The van der Waals surface area contributed by atoms with Gasteiger partial charge in [0.05, 0.1) is 45.2 Å². The standard InChI is InChI=1S/C15H29IO4/c1-14-4-3-5-15(12-14,13-16)20-11-10-19-9-8-18-7-6-17-2/h14H,3-13H2,1-2H3. The second-order valence-electron chi connectivity index (χ2n) is 5.58. The van der Waals surface area contributed by atoms with Crippen LogP contribution in [0.1, 0.15) is 32.6 Å². The molecule has 1 saturated carbocycles. The molecule has 0 aromatic carbocycles. The van der Waals surface area contributed by atoms with Crippen LogP contribution in [-0.2, 0) is 18.9 Å². The van der Waals surface area contributed by atoms with Crippen LogP contribution in [0.25, 0.3) is 0 Å². The van der Waals surface area contributed by atoms with Gasteiger partial charge in [-0.1, -0.05) is 42.4 Å². The first-order valence-electron chi connectivity index (χ1n) is 7.57. The number of hydrogen-bond acceptors (Lipinski definition) is 4. The van der Waals surface area contributed by atoms with Crippen molar-refractivity contribution in [3.63, 3.8) is 0 Å². The summed E-state index contributed by atoms with van der Waals surface area (Å²) in [6.45, 7) is 6.19. The van der Waals surface area contributed by atoms with Crippen LogP contribution >= 0.6 is 22.6 Å². The maximum absolute atomic E-state index is 6.14. The molecule has 1 fully saturated rings. The van der Waals surface area contributed by atoms with Gasteiger partial charge in [0.1, 0.15) is 0 Å². The molecule has 0 amide bonds. The summed E-state index contributed by atoms with van der Waals surface area (Å²) >= 11 is 2.46. The van der Waals surface area contributed by atoms with Gasteiger partial charge < -0.3 is 18.9 Å². The summed E-state index contributed by atoms with van der Waals surface area (Å²) in [6.07, 6.45) is 5.02. The zero-order valence-corrected chi connectivity index (χ0v) is 15.0. The fourth-order valence-corrected chi connectivity index (χ4v) is 3.60. The Labute approximate surface area is 137 Å². The zero-order chi connectivity index (χ0) is 14.7. The lowest BCUT2D eigenvalue weighted by Crippen LogP contribution is -2.40. The summed E-state index contributed by atoms with van der Waals surface area (Å²) in [5.41, 5.74) is 0.0938. The third-order valence-corrected chi connectivity index (χ3v) is 5.12. The second-order valence-corrected chi connectivity index (χ2v) is 6.35. The molecule has 0 heterocycles. The molecule has 0 N–H and O–H groups in total. The predicted molar refractivity (Wildman–Crippen MR) is 88.7 cm³/mol. The SMILES string of the molecule is COCCOCCOCCOC1(CI)CCCC(C)C1. The average Bonchev–Trinajstić information content (AvgIpc) is 2.45. The molecule has 2 unspecified atom stereocenters. The number of rotatable bonds is 11. The van der Waals surface area contributed by atoms with E-state index in [1.54, 1.807) is 7.11 Å². The lowest BCUT2D eigenvalue weighted by molar-refractivity contribution is -0.0836. The summed E-state index contributed by atoms with van der Waals surface area (Å²) < 4.78 is 23.0. The Morgan fingerprint density at radius 2 is 1.70 bits per heavy atom. The monoisotopic (exact) mass is 400 g/mol. The molecule has 0 aliphatic heterocycles. The summed E-state index contributed by atoms with van der Waals surface area (Å²) in [5, 5.41) is 0. The lowest BCUT2D eigenvalue weighted by Gasteiger charge is -2.38. The highest BCUT2D eigenvalue weighted by atomic mass is 127. The average molecular weight is 400 g/mol. The molecule has 1 aliphatic rings. The Bertz CT molecular complexity index is 240. The van der Waals surface area contributed by atoms with E-state index in [0.29, 0.717) is 39.6 Å². The smallest absolute Gasteiger partial charge is 0.0775 e. The third kappa shape index (κ3) is 7.54. The van der Waals surface area contributed by atoms with E-state index >= 15 is 0 Å². The van der Waals surface area contributed by atoms with Crippen molar-refractivity contribution in [2.24, 2.45) is 5.92 Å². The van der Waals surface area contributed by atoms with E-state index in [9.17, 15) is 0 Å². The van der Waals surface area contributed by atoms with Crippen LogP contribution in [0, 0.1) is 5.92 Å². The highest BCUT2D eigenvalue weighted by Crippen LogP contribution is 2.36. The number of halogens is 1. The quantitative estimate of drug-likeness (QED) is 0.304. The minimum Gasteiger partial charge on any atom is -0.382 e. The Balaban J connectivity index is 2.01. The molecule has 2 atom stereocenters. The molecule has 0 aromatic rings. The molecule has 0 aromatic heterocycles. The van der Waals surface area contributed by atoms with Crippen LogP contribution in [-0.4, -0.2) is 56.8 Å². The first-order valence-corrected chi connectivity index (χ1v) is 9.09. The van der Waals surface area contributed by atoms with Gasteiger partial charge in [0.15, 0.2) is 0 Å². The minimum atomic E-state index is 0.0938. The highest BCUT2D eigenvalue weighted by Gasteiger charge is 2.34. The van der Waals surface area contributed by atoms with E-state index in [2.05, 4.69) is 29.5 Å². The maximum atomic E-state index is 6.14. The molecule has 0 bridgehead atoms. The topological polar surface area (TPSA) is 36.9 Å². The van der Waals surface area contributed by atoms with Crippen LogP contribution in [0.3, 0.4) is 0 Å². The molecule has 0 saturated heterocycles. The second kappa shape index (κ2) is 11.2. The van der Waals surface area contributed by atoms with E-state index in [-0.39, 0.29) is 5.60 Å². The minimum absolute atomic E-state index is 0.0938. The summed E-state index contributed by atoms with van der Waals surface area (Å²) in [7, 11) is 1.67. The van der Waals surface area contributed by atoms with Crippen molar-refractivity contribution in [3.05, 3.63) is 0 Å². The van der Waals surface area contributed by atoms with Crippen LogP contribution in [0.15, 0.2) is 0 Å². The Morgan fingerprint density at radius 1 is 1.05 bits per heavy atom. The van der Waals surface area contributed by atoms with Gasteiger partial charge in [0.25, 0.3) is 0 Å². The Hall–Kier alpha value is 0.570. The fourth-order valence-electron chi connectivity index (χ4n) is 2.68. The van der Waals surface area contributed by atoms with Gasteiger partial charge in [0.2, 0.25) is 0 Å². The van der Waals surface area contributed by atoms with E-state index in [1.165, 1.54) is 25.7 Å². The van der Waals surface area contributed by atoms with Gasteiger partial charge in [0, 0.05) is 11.5 Å². The number of methoxy groups -OCH3 is 1. The first kappa shape index (κ1) is 18.6. The van der Waals surface area contributed by atoms with Crippen molar-refractivity contribution in [1.29, 1.82) is 0 Å². The molecule has 4 nitrogen and oxygen atoms in total. The van der Waals surface area contributed by atoms with Crippen LogP contribution in [0.5, 0.6) is 0 Å². The first-order chi connectivity index (χ1) is 9.72. The zero-order valence-electron chi connectivity index (χ0n) is 12.9. The van der Waals surface area contributed by atoms with Crippen molar-refractivity contribution in [3.8, 4) is 0 Å². The van der Waals surface area contributed by atoms with Gasteiger partial charge in [-0.2, -0.15) is 0 Å². The lowest BCUT2D eigenvalue weighted by atomic mass is 9.80. The highest BCUT2D eigenvalue weighted by molar-refractivity contribution is 14.1. The fraction of sp³-hybridized carbons (Fsp3) is 1.00. The summed E-state index contributed by atoms with van der Waals surface area (Å²) in [6, 6.07) is 0. The molecule has 5 heteroatoms. The summed E-state index contributed by atoms with van der Waals surface area (Å²) in [5.74, 6) is 0.786. The van der Waals surface area contributed by atoms with Crippen LogP contribution in [0.2, 0.25) is 0 Å². The van der Waals surface area contributed by atoms with Gasteiger partial charge in [-0.05, 0) is 18.8 Å². The van der Waals surface area contributed by atoms with Gasteiger partial charge in [-0.3, -0.25) is 0 Å². The van der Waals surface area contributed by atoms with Crippen molar-refractivity contribution in [2.75, 3.05) is 51.2 Å². The van der Waals surface area contributed by atoms with Crippen molar-refractivity contribution in [1.82, 2.24) is 0 Å². The third-order valence-electron chi connectivity index (χ3n) is 3.73. The van der Waals surface area contributed by atoms with Gasteiger partial charge in [-0.25, -0.2) is 0 Å². The van der Waals surface area contributed by atoms with E-state index < -0.39 is 0 Å².